The zero-order chi connectivity index (χ0) is 33.0. The number of methoxy groups -OCH3 is 2. The van der Waals surface area contributed by atoms with Gasteiger partial charge in [0.25, 0.3) is 0 Å². The van der Waals surface area contributed by atoms with Gasteiger partial charge in [0.1, 0.15) is 23.1 Å². The summed E-state index contributed by atoms with van der Waals surface area (Å²) >= 11 is 0. The van der Waals surface area contributed by atoms with Crippen molar-refractivity contribution in [1.82, 2.24) is 24.2 Å². The Kier molecular flexibility index (Phi) is 10.2. The summed E-state index contributed by atoms with van der Waals surface area (Å²) in [5.74, 6) is 2.08. The van der Waals surface area contributed by atoms with Gasteiger partial charge < -0.3 is 14.4 Å². The zero-order valence-corrected chi connectivity index (χ0v) is 28.0. The highest BCUT2D eigenvalue weighted by atomic mass is 32.2. The van der Waals surface area contributed by atoms with Crippen LogP contribution < -0.4 is 14.4 Å². The molecule has 0 bridgehead atoms. The Hall–Kier alpha value is -4.13. The summed E-state index contributed by atoms with van der Waals surface area (Å²) in [6.07, 6.45) is 2.79. The Bertz CT molecular complexity index is 1710. The van der Waals surface area contributed by atoms with Crippen LogP contribution in [0.15, 0.2) is 66.9 Å². The van der Waals surface area contributed by atoms with Crippen molar-refractivity contribution in [3.63, 3.8) is 0 Å². The molecule has 12 heteroatoms. The molecule has 1 aliphatic rings. The fourth-order valence-electron chi connectivity index (χ4n) is 5.85. The monoisotopic (exact) mass is 648 g/mol. The highest BCUT2D eigenvalue weighted by Crippen LogP contribution is 2.31. The Morgan fingerprint density at radius 3 is 2.07 bits per heavy atom. The molecular weight excluding hydrogens is 607 g/mol. The van der Waals surface area contributed by atoms with E-state index < -0.39 is 16.0 Å². The molecule has 4 aromatic rings. The molecule has 2 atom stereocenters. The van der Waals surface area contributed by atoms with E-state index in [0.29, 0.717) is 50.1 Å². The van der Waals surface area contributed by atoms with E-state index in [0.717, 1.165) is 28.2 Å². The Labute approximate surface area is 270 Å². The quantitative estimate of drug-likeness (QED) is 0.202. The van der Waals surface area contributed by atoms with Gasteiger partial charge in [-0.1, -0.05) is 24.3 Å². The summed E-state index contributed by atoms with van der Waals surface area (Å²) in [6, 6.07) is 19.2. The molecule has 0 radical (unpaired) electrons. The first-order chi connectivity index (χ1) is 21.9. The van der Waals surface area contributed by atoms with Gasteiger partial charge >= 0.3 is 0 Å². The normalized spacial score (nSPS) is 16.6. The third kappa shape index (κ3) is 7.80. The van der Waals surface area contributed by atoms with Crippen molar-refractivity contribution >= 4 is 15.8 Å². The molecule has 10 nitrogen and oxygen atoms in total. The van der Waals surface area contributed by atoms with Crippen molar-refractivity contribution in [2.24, 2.45) is 0 Å². The molecule has 46 heavy (non-hydrogen) atoms. The van der Waals surface area contributed by atoms with Crippen LogP contribution in [-0.2, 0) is 23.1 Å². The van der Waals surface area contributed by atoms with E-state index in [1.165, 1.54) is 10.6 Å². The maximum absolute atomic E-state index is 15.4. The maximum atomic E-state index is 15.4. The van der Waals surface area contributed by atoms with Crippen LogP contribution in [0.3, 0.4) is 0 Å². The standard InChI is InChI=1S/C34H41FN6O4S/c1-23-20-40(46(6,42)43)15-16-41(23)24(2)28-17-31(34(35)36-19-28)32-18-33(38-25(3)37-32)39(21-26-7-11-29(44-4)12-8-26)22-27-9-13-30(45-5)14-10-27/h7-14,17-19,23-24H,15-16,20-22H2,1-6H3/t23-,24+/m0/s1. The molecule has 1 fully saturated rings. The van der Waals surface area contributed by atoms with Gasteiger partial charge in [0.2, 0.25) is 16.0 Å². The van der Waals surface area contributed by atoms with Gasteiger partial charge in [-0.25, -0.2) is 23.4 Å². The zero-order valence-electron chi connectivity index (χ0n) is 27.1. The largest absolute Gasteiger partial charge is 0.497 e. The van der Waals surface area contributed by atoms with Crippen molar-refractivity contribution in [3.05, 3.63) is 95.3 Å². The molecule has 1 aliphatic heterocycles. The molecule has 3 heterocycles. The molecule has 244 valence electrons. The molecule has 0 saturated carbocycles. The summed E-state index contributed by atoms with van der Waals surface area (Å²) in [5.41, 5.74) is 3.65. The Balaban J connectivity index is 1.47. The third-order valence-corrected chi connectivity index (χ3v) is 9.71. The van der Waals surface area contributed by atoms with Gasteiger partial charge in [0.15, 0.2) is 0 Å². The van der Waals surface area contributed by atoms with Crippen molar-refractivity contribution in [3.8, 4) is 22.8 Å². The maximum Gasteiger partial charge on any atom is 0.222 e. The van der Waals surface area contributed by atoms with Crippen LogP contribution in [0.4, 0.5) is 10.2 Å². The summed E-state index contributed by atoms with van der Waals surface area (Å²) in [5, 5.41) is 0. The van der Waals surface area contributed by atoms with Crippen LogP contribution >= 0.6 is 0 Å². The number of aromatic nitrogens is 3. The topological polar surface area (TPSA) is 101 Å². The van der Waals surface area contributed by atoms with Crippen LogP contribution in [0.1, 0.15) is 42.4 Å². The van der Waals surface area contributed by atoms with Gasteiger partial charge in [0, 0.05) is 57.1 Å². The van der Waals surface area contributed by atoms with E-state index in [2.05, 4.69) is 19.8 Å². The van der Waals surface area contributed by atoms with Crippen molar-refractivity contribution < 1.29 is 22.3 Å². The third-order valence-electron chi connectivity index (χ3n) is 8.44. The molecule has 0 aliphatic carbocycles. The summed E-state index contributed by atoms with van der Waals surface area (Å²) in [7, 11) is 0.00934. The van der Waals surface area contributed by atoms with Crippen molar-refractivity contribution in [2.45, 2.75) is 45.9 Å². The molecule has 0 unspecified atom stereocenters. The number of hydrogen-bond donors (Lipinski definition) is 0. The van der Waals surface area contributed by atoms with Crippen LogP contribution in [0.2, 0.25) is 0 Å². The lowest BCUT2D eigenvalue weighted by molar-refractivity contribution is 0.0905. The van der Waals surface area contributed by atoms with E-state index in [1.54, 1.807) is 33.4 Å². The number of sulfonamides is 1. The number of aryl methyl sites for hydroxylation is 1. The van der Waals surface area contributed by atoms with Gasteiger partial charge in [-0.15, -0.1) is 0 Å². The number of pyridine rings is 1. The minimum Gasteiger partial charge on any atom is -0.497 e. The smallest absolute Gasteiger partial charge is 0.222 e. The van der Waals surface area contributed by atoms with Crippen LogP contribution in [-0.4, -0.2) is 78.7 Å². The summed E-state index contributed by atoms with van der Waals surface area (Å²) in [6.45, 7) is 8.29. The molecule has 0 spiro atoms. The summed E-state index contributed by atoms with van der Waals surface area (Å²) in [4.78, 5) is 17.9. The first-order valence-electron chi connectivity index (χ1n) is 15.2. The predicted molar refractivity (Wildman–Crippen MR) is 177 cm³/mol. The highest BCUT2D eigenvalue weighted by molar-refractivity contribution is 7.88. The second kappa shape index (κ2) is 14.1. The van der Waals surface area contributed by atoms with Gasteiger partial charge in [-0.05, 0) is 67.8 Å². The van der Waals surface area contributed by atoms with Gasteiger partial charge in [-0.2, -0.15) is 8.70 Å². The molecule has 0 amide bonds. The minimum absolute atomic E-state index is 0.0238. The van der Waals surface area contributed by atoms with Crippen LogP contribution in [0.5, 0.6) is 11.5 Å². The minimum atomic E-state index is -3.27. The lowest BCUT2D eigenvalue weighted by Gasteiger charge is -2.42. The molecule has 2 aromatic carbocycles. The number of halogens is 1. The second-order valence-corrected chi connectivity index (χ2v) is 13.7. The Morgan fingerprint density at radius 1 is 0.957 bits per heavy atom. The number of anilines is 1. The molecule has 0 N–H and O–H groups in total. The first kappa shape index (κ1) is 33.2. The number of rotatable bonds is 11. The van der Waals surface area contributed by atoms with Gasteiger partial charge in [0.05, 0.1) is 31.7 Å². The Morgan fingerprint density at radius 2 is 1.54 bits per heavy atom. The average molecular weight is 649 g/mol. The van der Waals surface area contributed by atoms with E-state index >= 15 is 4.39 Å². The van der Waals surface area contributed by atoms with E-state index in [9.17, 15) is 8.42 Å². The molecule has 5 rings (SSSR count). The number of piperazine rings is 1. The fraction of sp³-hybridized carbons (Fsp3) is 0.382. The van der Waals surface area contributed by atoms with Crippen molar-refractivity contribution in [1.29, 1.82) is 0 Å². The number of nitrogens with zero attached hydrogens (tertiary/aromatic N) is 6. The SMILES string of the molecule is COc1ccc(CN(Cc2ccc(OC)cc2)c2cc(-c3cc([C@@H](C)N4CCN(S(C)(=O)=O)C[C@@H]4C)cnc3F)nc(C)n2)cc1. The highest BCUT2D eigenvalue weighted by Gasteiger charge is 2.32. The second-order valence-electron chi connectivity index (χ2n) is 11.7. The molecule has 1 saturated heterocycles. The van der Waals surface area contributed by atoms with Gasteiger partial charge in [-0.3, -0.25) is 4.90 Å². The fourth-order valence-corrected chi connectivity index (χ4v) is 6.75. The van der Waals surface area contributed by atoms with E-state index in [-0.39, 0.29) is 17.6 Å². The number of ether oxygens (including phenoxy) is 2. The van der Waals surface area contributed by atoms with Crippen LogP contribution in [0, 0.1) is 12.9 Å². The average Bonchev–Trinajstić information content (AvgIpc) is 3.04. The molecular formula is C34H41FN6O4S. The van der Waals surface area contributed by atoms with E-state index in [4.69, 9.17) is 14.5 Å². The molecule has 2 aromatic heterocycles. The van der Waals surface area contributed by atoms with Crippen molar-refractivity contribution in [2.75, 3.05) is 45.0 Å². The summed E-state index contributed by atoms with van der Waals surface area (Å²) < 4.78 is 51.8. The predicted octanol–water partition coefficient (Wildman–Crippen LogP) is 5.24. The lowest BCUT2D eigenvalue weighted by atomic mass is 10.0. The number of benzene rings is 2. The lowest BCUT2D eigenvalue weighted by Crippen LogP contribution is -2.53. The van der Waals surface area contributed by atoms with E-state index in [1.807, 2.05) is 68.4 Å². The number of hydrogen-bond acceptors (Lipinski definition) is 9. The van der Waals surface area contributed by atoms with Crippen LogP contribution in [0.25, 0.3) is 11.3 Å². The first-order valence-corrected chi connectivity index (χ1v) is 17.0.